The van der Waals surface area contributed by atoms with Crippen molar-refractivity contribution >= 4 is 0 Å². The van der Waals surface area contributed by atoms with Gasteiger partial charge in [-0.25, -0.2) is 0 Å². The minimum absolute atomic E-state index is 0.197. The summed E-state index contributed by atoms with van der Waals surface area (Å²) < 4.78 is 12.6. The second-order valence-electron chi connectivity index (χ2n) is 5.15. The molecule has 1 aromatic rings. The lowest BCUT2D eigenvalue weighted by molar-refractivity contribution is 0.0330. The monoisotopic (exact) mass is 296 g/mol. The molecule has 0 saturated carbocycles. The molecule has 1 aliphatic heterocycles. The van der Waals surface area contributed by atoms with Crippen molar-refractivity contribution in [1.82, 2.24) is 9.47 Å². The standard InChI is InChI=1S/C15H24N2O4/c1-2-20-7-3-4-17-12-15(19)14(18)10-13(17)11-16-5-8-21-9-6-16/h10,12,19H,2-9,11H2,1H3. The number of aromatic nitrogens is 1. The molecule has 0 spiro atoms. The van der Waals surface area contributed by atoms with Gasteiger partial charge in [-0.15, -0.1) is 0 Å². The maximum absolute atomic E-state index is 11.7. The molecule has 118 valence electrons. The van der Waals surface area contributed by atoms with Crippen LogP contribution >= 0.6 is 0 Å². The molecule has 21 heavy (non-hydrogen) atoms. The average molecular weight is 296 g/mol. The highest BCUT2D eigenvalue weighted by atomic mass is 16.5. The molecule has 2 rings (SSSR count). The van der Waals surface area contributed by atoms with Gasteiger partial charge in [0.1, 0.15) is 0 Å². The summed E-state index contributed by atoms with van der Waals surface area (Å²) >= 11 is 0. The molecule has 6 nitrogen and oxygen atoms in total. The lowest BCUT2D eigenvalue weighted by Gasteiger charge is -2.27. The number of nitrogens with zero attached hydrogens (tertiary/aromatic N) is 2. The Bertz CT molecular complexity index is 495. The van der Waals surface area contributed by atoms with Crippen LogP contribution in [0, 0.1) is 0 Å². The lowest BCUT2D eigenvalue weighted by atomic mass is 10.2. The summed E-state index contributed by atoms with van der Waals surface area (Å²) in [5.41, 5.74) is 0.607. The highest BCUT2D eigenvalue weighted by molar-refractivity contribution is 5.20. The van der Waals surface area contributed by atoms with Gasteiger partial charge >= 0.3 is 0 Å². The van der Waals surface area contributed by atoms with E-state index in [1.165, 1.54) is 12.3 Å². The SMILES string of the molecule is CCOCCCn1cc(O)c(=O)cc1CN1CCOCC1. The molecular weight excluding hydrogens is 272 g/mol. The fourth-order valence-corrected chi connectivity index (χ4v) is 2.42. The molecular formula is C15H24N2O4. The number of pyridine rings is 1. The summed E-state index contributed by atoms with van der Waals surface area (Å²) in [4.78, 5) is 13.9. The van der Waals surface area contributed by atoms with Crippen molar-refractivity contribution in [3.63, 3.8) is 0 Å². The van der Waals surface area contributed by atoms with E-state index in [1.807, 2.05) is 11.5 Å². The zero-order valence-corrected chi connectivity index (χ0v) is 12.6. The summed E-state index contributed by atoms with van der Waals surface area (Å²) in [7, 11) is 0. The van der Waals surface area contributed by atoms with Gasteiger partial charge in [0.25, 0.3) is 0 Å². The van der Waals surface area contributed by atoms with Gasteiger partial charge in [0, 0.05) is 51.2 Å². The van der Waals surface area contributed by atoms with Gasteiger partial charge in [0.15, 0.2) is 5.75 Å². The first-order chi connectivity index (χ1) is 10.2. The number of hydrogen-bond donors (Lipinski definition) is 1. The number of ether oxygens (including phenoxy) is 2. The minimum Gasteiger partial charge on any atom is -0.503 e. The van der Waals surface area contributed by atoms with Crippen molar-refractivity contribution in [3.05, 3.63) is 28.2 Å². The van der Waals surface area contributed by atoms with Crippen LogP contribution in [0.15, 0.2) is 17.1 Å². The Kier molecular flexibility index (Phi) is 6.22. The number of rotatable bonds is 7. The second kappa shape index (κ2) is 8.17. The van der Waals surface area contributed by atoms with Gasteiger partial charge in [0.2, 0.25) is 5.43 Å². The number of hydrogen-bond acceptors (Lipinski definition) is 5. The van der Waals surface area contributed by atoms with Gasteiger partial charge < -0.3 is 19.1 Å². The third kappa shape index (κ3) is 4.84. The number of aromatic hydroxyl groups is 1. The summed E-state index contributed by atoms with van der Waals surface area (Å²) in [6.45, 7) is 7.98. The highest BCUT2D eigenvalue weighted by Gasteiger charge is 2.14. The van der Waals surface area contributed by atoms with Crippen LogP contribution in [0.3, 0.4) is 0 Å². The minimum atomic E-state index is -0.320. The van der Waals surface area contributed by atoms with E-state index in [9.17, 15) is 9.90 Å². The van der Waals surface area contributed by atoms with Crippen LogP contribution in [0.1, 0.15) is 19.0 Å². The van der Waals surface area contributed by atoms with Crippen molar-refractivity contribution in [2.24, 2.45) is 0 Å². The Morgan fingerprint density at radius 3 is 2.86 bits per heavy atom. The summed E-state index contributed by atoms with van der Waals surface area (Å²) in [6.07, 6.45) is 2.39. The molecule has 0 atom stereocenters. The average Bonchev–Trinajstić information content (AvgIpc) is 2.49. The van der Waals surface area contributed by atoms with E-state index in [0.29, 0.717) is 19.8 Å². The Morgan fingerprint density at radius 2 is 2.14 bits per heavy atom. The molecule has 0 bridgehead atoms. The van der Waals surface area contributed by atoms with Gasteiger partial charge in [-0.3, -0.25) is 9.69 Å². The Morgan fingerprint density at radius 1 is 1.38 bits per heavy atom. The van der Waals surface area contributed by atoms with E-state index < -0.39 is 0 Å². The molecule has 0 unspecified atom stereocenters. The molecule has 1 fully saturated rings. The first-order valence-electron chi connectivity index (χ1n) is 7.51. The maximum atomic E-state index is 11.7. The molecule has 0 amide bonds. The van der Waals surface area contributed by atoms with E-state index in [-0.39, 0.29) is 11.2 Å². The quantitative estimate of drug-likeness (QED) is 0.755. The summed E-state index contributed by atoms with van der Waals surface area (Å²) in [6, 6.07) is 1.53. The summed E-state index contributed by atoms with van der Waals surface area (Å²) in [5.74, 6) is -0.197. The van der Waals surface area contributed by atoms with Crippen LogP contribution in [-0.2, 0) is 22.6 Å². The molecule has 6 heteroatoms. The van der Waals surface area contributed by atoms with Crippen molar-refractivity contribution in [1.29, 1.82) is 0 Å². The molecule has 1 aromatic heterocycles. The van der Waals surface area contributed by atoms with Gasteiger partial charge in [0.05, 0.1) is 19.4 Å². The molecule has 1 N–H and O–H groups in total. The normalized spacial score (nSPS) is 16.2. The molecule has 0 aromatic carbocycles. The first kappa shape index (κ1) is 16.0. The third-order valence-electron chi connectivity index (χ3n) is 3.58. The fraction of sp³-hybridized carbons (Fsp3) is 0.667. The van der Waals surface area contributed by atoms with Crippen molar-refractivity contribution in [3.8, 4) is 5.75 Å². The number of morpholine rings is 1. The molecule has 1 aliphatic rings. The molecule has 2 heterocycles. The van der Waals surface area contributed by atoms with Crippen LogP contribution in [0.5, 0.6) is 5.75 Å². The zero-order valence-electron chi connectivity index (χ0n) is 12.6. The summed E-state index contributed by atoms with van der Waals surface area (Å²) in [5, 5.41) is 9.63. The topological polar surface area (TPSA) is 63.9 Å². The van der Waals surface area contributed by atoms with E-state index >= 15 is 0 Å². The zero-order chi connectivity index (χ0) is 15.1. The van der Waals surface area contributed by atoms with Gasteiger partial charge in [-0.1, -0.05) is 0 Å². The lowest BCUT2D eigenvalue weighted by Crippen LogP contribution is -2.36. The van der Waals surface area contributed by atoms with Crippen molar-refractivity contribution in [2.45, 2.75) is 26.4 Å². The second-order valence-corrected chi connectivity index (χ2v) is 5.15. The molecule has 1 saturated heterocycles. The first-order valence-corrected chi connectivity index (χ1v) is 7.51. The Labute approximate surface area is 124 Å². The smallest absolute Gasteiger partial charge is 0.223 e. The van der Waals surface area contributed by atoms with Crippen LogP contribution in [0.2, 0.25) is 0 Å². The molecule has 0 aliphatic carbocycles. The van der Waals surface area contributed by atoms with E-state index in [2.05, 4.69) is 4.90 Å². The largest absolute Gasteiger partial charge is 0.503 e. The molecule has 0 radical (unpaired) electrons. The maximum Gasteiger partial charge on any atom is 0.223 e. The Balaban J connectivity index is 2.05. The Hall–Kier alpha value is -1.37. The number of aryl methyl sites for hydroxylation is 1. The van der Waals surface area contributed by atoms with Gasteiger partial charge in [-0.05, 0) is 13.3 Å². The van der Waals surface area contributed by atoms with Crippen molar-refractivity contribution < 1.29 is 14.6 Å². The van der Waals surface area contributed by atoms with E-state index in [1.54, 1.807) is 0 Å². The van der Waals surface area contributed by atoms with Crippen LogP contribution in [0.25, 0.3) is 0 Å². The van der Waals surface area contributed by atoms with Crippen molar-refractivity contribution in [2.75, 3.05) is 39.5 Å². The fourth-order valence-electron chi connectivity index (χ4n) is 2.42. The van der Waals surface area contributed by atoms with Crippen LogP contribution in [-0.4, -0.2) is 54.1 Å². The predicted molar refractivity (Wildman–Crippen MR) is 79.6 cm³/mol. The predicted octanol–water partition coefficient (Wildman–Crippen LogP) is 0.813. The third-order valence-corrected chi connectivity index (χ3v) is 3.58. The van der Waals surface area contributed by atoms with Crippen LogP contribution < -0.4 is 5.43 Å². The van der Waals surface area contributed by atoms with E-state index in [4.69, 9.17) is 9.47 Å². The highest BCUT2D eigenvalue weighted by Crippen LogP contribution is 2.10. The van der Waals surface area contributed by atoms with Crippen LogP contribution in [0.4, 0.5) is 0 Å². The van der Waals surface area contributed by atoms with E-state index in [0.717, 1.165) is 45.0 Å². The van der Waals surface area contributed by atoms with Gasteiger partial charge in [-0.2, -0.15) is 0 Å².